The molecule has 0 aliphatic carbocycles. The van der Waals surface area contributed by atoms with E-state index in [1.165, 1.54) is 18.4 Å². The number of esters is 1. The first kappa shape index (κ1) is 15.3. The summed E-state index contributed by atoms with van der Waals surface area (Å²) in [6.45, 7) is 6.25. The van der Waals surface area contributed by atoms with Crippen molar-refractivity contribution in [1.82, 2.24) is 0 Å². The third kappa shape index (κ3) is 3.00. The number of anilines is 1. The Morgan fingerprint density at radius 2 is 1.87 bits per heavy atom. The van der Waals surface area contributed by atoms with Gasteiger partial charge in [-0.2, -0.15) is 0 Å². The van der Waals surface area contributed by atoms with E-state index in [2.05, 4.69) is 37.0 Å². The van der Waals surface area contributed by atoms with E-state index in [-0.39, 0.29) is 12.0 Å². The molecule has 3 heteroatoms. The highest BCUT2D eigenvalue weighted by Gasteiger charge is 2.29. The summed E-state index contributed by atoms with van der Waals surface area (Å²) in [6.07, 6.45) is 0.974. The van der Waals surface area contributed by atoms with Crippen molar-refractivity contribution < 1.29 is 9.53 Å². The van der Waals surface area contributed by atoms with Gasteiger partial charge in [-0.25, -0.2) is 4.79 Å². The van der Waals surface area contributed by atoms with Crippen LogP contribution >= 0.6 is 0 Å². The molecular weight excluding hydrogens is 286 g/mol. The highest BCUT2D eigenvalue weighted by molar-refractivity contribution is 5.89. The Kier molecular flexibility index (Phi) is 4.20. The smallest absolute Gasteiger partial charge is 0.337 e. The van der Waals surface area contributed by atoms with Crippen LogP contribution in [0.2, 0.25) is 0 Å². The lowest BCUT2D eigenvalue weighted by molar-refractivity contribution is 0.0600. The molecular formula is C20H21NO2. The predicted molar refractivity (Wildman–Crippen MR) is 92.6 cm³/mol. The first-order valence-electron chi connectivity index (χ1n) is 7.78. The van der Waals surface area contributed by atoms with Gasteiger partial charge in [0.15, 0.2) is 0 Å². The monoisotopic (exact) mass is 307 g/mol. The zero-order chi connectivity index (χ0) is 16.4. The molecule has 118 valence electrons. The van der Waals surface area contributed by atoms with Gasteiger partial charge in [0, 0.05) is 11.6 Å². The number of benzene rings is 2. The fourth-order valence-electron chi connectivity index (χ4n) is 3.18. The van der Waals surface area contributed by atoms with Crippen LogP contribution in [0.5, 0.6) is 0 Å². The lowest BCUT2D eigenvalue weighted by atomic mass is 9.80. The summed E-state index contributed by atoms with van der Waals surface area (Å²) in [5.74, 6) is 0.0174. The first-order chi connectivity index (χ1) is 11.1. The number of para-hydroxylation sites is 1. The van der Waals surface area contributed by atoms with Crippen LogP contribution < -0.4 is 5.32 Å². The van der Waals surface area contributed by atoms with Crippen LogP contribution in [-0.4, -0.2) is 13.1 Å². The predicted octanol–water partition coefficient (Wildman–Crippen LogP) is 4.37. The zero-order valence-electron chi connectivity index (χ0n) is 13.5. The highest BCUT2D eigenvalue weighted by atomic mass is 16.5. The van der Waals surface area contributed by atoms with E-state index in [0.717, 1.165) is 17.6 Å². The number of methoxy groups -OCH3 is 1. The van der Waals surface area contributed by atoms with Gasteiger partial charge in [0.25, 0.3) is 0 Å². The van der Waals surface area contributed by atoms with Gasteiger partial charge in [-0.15, -0.1) is 0 Å². The Hall–Kier alpha value is -2.55. The van der Waals surface area contributed by atoms with Crippen molar-refractivity contribution in [3.8, 4) is 0 Å². The first-order valence-corrected chi connectivity index (χ1v) is 7.78. The van der Waals surface area contributed by atoms with Crippen LogP contribution in [-0.2, 0) is 11.2 Å². The summed E-state index contributed by atoms with van der Waals surface area (Å²) in [5.41, 5.74) is 5.38. The zero-order valence-corrected chi connectivity index (χ0v) is 13.5. The second-order valence-electron chi connectivity index (χ2n) is 6.05. The summed E-state index contributed by atoms with van der Waals surface area (Å²) in [7, 11) is 1.40. The number of hydrogen-bond acceptors (Lipinski definition) is 3. The quantitative estimate of drug-likeness (QED) is 0.676. The number of hydrogen-bond donors (Lipinski definition) is 1. The van der Waals surface area contributed by atoms with Crippen molar-refractivity contribution in [1.29, 1.82) is 0 Å². The molecule has 2 aromatic carbocycles. The van der Waals surface area contributed by atoms with E-state index >= 15 is 0 Å². The molecule has 0 radical (unpaired) electrons. The molecule has 0 unspecified atom stereocenters. The molecule has 0 amide bonds. The van der Waals surface area contributed by atoms with Crippen LogP contribution in [0.3, 0.4) is 0 Å². The maximum atomic E-state index is 11.6. The lowest BCUT2D eigenvalue weighted by Crippen LogP contribution is -2.28. The second-order valence-corrected chi connectivity index (χ2v) is 6.05. The number of carbonyl (C=O) groups excluding carboxylic acids is 1. The SMILES string of the molecule is C=C(C)[C@H]1Cc2ccccc2N[C@H]1c1ccc(C(=O)OC)cc1. The average molecular weight is 307 g/mol. The Balaban J connectivity index is 1.93. The van der Waals surface area contributed by atoms with Gasteiger partial charge >= 0.3 is 5.97 Å². The second kappa shape index (κ2) is 6.29. The van der Waals surface area contributed by atoms with Crippen LogP contribution in [0.1, 0.15) is 34.5 Å². The number of rotatable bonds is 3. The van der Waals surface area contributed by atoms with E-state index in [4.69, 9.17) is 4.74 Å². The third-order valence-electron chi connectivity index (χ3n) is 4.49. The molecule has 0 saturated heterocycles. The van der Waals surface area contributed by atoms with Crippen molar-refractivity contribution >= 4 is 11.7 Å². The minimum Gasteiger partial charge on any atom is -0.465 e. The van der Waals surface area contributed by atoms with E-state index in [1.807, 2.05) is 30.3 Å². The maximum absolute atomic E-state index is 11.6. The molecule has 2 aromatic rings. The maximum Gasteiger partial charge on any atom is 0.337 e. The van der Waals surface area contributed by atoms with Crippen LogP contribution in [0.15, 0.2) is 60.7 Å². The standard InChI is InChI=1S/C20H21NO2/c1-13(2)17-12-16-6-4-5-7-18(16)21-19(17)14-8-10-15(11-9-14)20(22)23-3/h4-11,17,19,21H,1,12H2,2-3H3/t17-,19+/m1/s1. The van der Waals surface area contributed by atoms with Gasteiger partial charge in [0.05, 0.1) is 18.7 Å². The van der Waals surface area contributed by atoms with Crippen molar-refractivity contribution in [3.05, 3.63) is 77.4 Å². The summed E-state index contributed by atoms with van der Waals surface area (Å²) >= 11 is 0. The molecule has 3 rings (SSSR count). The van der Waals surface area contributed by atoms with Crippen molar-refractivity contribution in [2.45, 2.75) is 19.4 Å². The summed E-state index contributed by atoms with van der Waals surface area (Å²) in [5, 5.41) is 3.63. The van der Waals surface area contributed by atoms with E-state index in [1.54, 1.807) is 0 Å². The van der Waals surface area contributed by atoms with E-state index < -0.39 is 0 Å². The molecule has 0 fully saturated rings. The topological polar surface area (TPSA) is 38.3 Å². The van der Waals surface area contributed by atoms with Gasteiger partial charge in [-0.05, 0) is 42.7 Å². The van der Waals surface area contributed by atoms with Gasteiger partial charge in [0.1, 0.15) is 0 Å². The summed E-state index contributed by atoms with van der Waals surface area (Å²) in [6, 6.07) is 16.2. The van der Waals surface area contributed by atoms with Gasteiger partial charge in [0.2, 0.25) is 0 Å². The average Bonchev–Trinajstić information content (AvgIpc) is 2.60. The molecule has 3 nitrogen and oxygen atoms in total. The van der Waals surface area contributed by atoms with E-state index in [0.29, 0.717) is 11.5 Å². The molecule has 2 atom stereocenters. The van der Waals surface area contributed by atoms with Crippen molar-refractivity contribution in [2.24, 2.45) is 5.92 Å². The summed E-state index contributed by atoms with van der Waals surface area (Å²) < 4.78 is 4.76. The van der Waals surface area contributed by atoms with Crippen molar-refractivity contribution in [2.75, 3.05) is 12.4 Å². The number of nitrogens with one attached hydrogen (secondary N) is 1. The Morgan fingerprint density at radius 3 is 2.52 bits per heavy atom. The Bertz CT molecular complexity index is 734. The molecule has 0 saturated carbocycles. The van der Waals surface area contributed by atoms with Gasteiger partial charge in [-0.3, -0.25) is 0 Å². The molecule has 23 heavy (non-hydrogen) atoms. The van der Waals surface area contributed by atoms with Crippen LogP contribution in [0.25, 0.3) is 0 Å². The highest BCUT2D eigenvalue weighted by Crippen LogP contribution is 2.39. The Labute approximate surface area is 137 Å². The minimum absolute atomic E-state index is 0.161. The molecule has 1 aliphatic rings. The lowest BCUT2D eigenvalue weighted by Gasteiger charge is -2.35. The molecule has 0 aromatic heterocycles. The number of carbonyl (C=O) groups is 1. The normalized spacial score (nSPS) is 19.4. The summed E-state index contributed by atoms with van der Waals surface area (Å²) in [4.78, 5) is 11.6. The number of fused-ring (bicyclic) bond motifs is 1. The van der Waals surface area contributed by atoms with Gasteiger partial charge < -0.3 is 10.1 Å². The fourth-order valence-corrected chi connectivity index (χ4v) is 3.18. The molecule has 1 N–H and O–H groups in total. The van der Waals surface area contributed by atoms with Crippen LogP contribution in [0, 0.1) is 5.92 Å². The largest absolute Gasteiger partial charge is 0.465 e. The van der Waals surface area contributed by atoms with E-state index in [9.17, 15) is 4.79 Å². The Morgan fingerprint density at radius 1 is 1.17 bits per heavy atom. The third-order valence-corrected chi connectivity index (χ3v) is 4.49. The minimum atomic E-state index is -0.310. The fraction of sp³-hybridized carbons (Fsp3) is 0.250. The number of ether oxygens (including phenoxy) is 1. The molecule has 0 spiro atoms. The molecule has 0 bridgehead atoms. The molecule has 1 aliphatic heterocycles. The molecule has 1 heterocycles. The van der Waals surface area contributed by atoms with Crippen molar-refractivity contribution in [3.63, 3.8) is 0 Å². The van der Waals surface area contributed by atoms with Gasteiger partial charge in [-0.1, -0.05) is 42.5 Å². The van der Waals surface area contributed by atoms with Crippen LogP contribution in [0.4, 0.5) is 5.69 Å².